The molecule has 2 N–H and O–H groups in total. The molecular formula is C22H22N4O4S2. The molecule has 10 heteroatoms. The maximum absolute atomic E-state index is 12.9. The Morgan fingerprint density at radius 3 is 2.75 bits per heavy atom. The highest BCUT2D eigenvalue weighted by atomic mass is 32.2. The summed E-state index contributed by atoms with van der Waals surface area (Å²) in [6.07, 6.45) is 0. The number of carbonyl (C=O) groups excluding carboxylic acids is 2. The van der Waals surface area contributed by atoms with Crippen molar-refractivity contribution in [3.05, 3.63) is 68.3 Å². The molecule has 0 saturated heterocycles. The number of aromatic nitrogens is 2. The lowest BCUT2D eigenvalue weighted by atomic mass is 10.0. The van der Waals surface area contributed by atoms with Gasteiger partial charge in [0.15, 0.2) is 5.16 Å². The van der Waals surface area contributed by atoms with Gasteiger partial charge in [-0.05, 0) is 37.4 Å². The molecule has 0 bridgehead atoms. The number of fused-ring (bicyclic) bond motifs is 1. The predicted octanol–water partition coefficient (Wildman–Crippen LogP) is 3.44. The summed E-state index contributed by atoms with van der Waals surface area (Å²) in [7, 11) is 0. The zero-order valence-electron chi connectivity index (χ0n) is 17.6. The van der Waals surface area contributed by atoms with E-state index in [1.54, 1.807) is 23.6 Å². The molecule has 2 amide bonds. The Kier molecular flexibility index (Phi) is 6.61. The Morgan fingerprint density at radius 1 is 1.22 bits per heavy atom. The second-order valence-corrected chi connectivity index (χ2v) is 8.83. The van der Waals surface area contributed by atoms with E-state index in [4.69, 9.17) is 4.74 Å². The Morgan fingerprint density at radius 2 is 2.03 bits per heavy atom. The molecule has 1 atom stereocenters. The summed E-state index contributed by atoms with van der Waals surface area (Å²) in [5, 5.41) is 8.53. The van der Waals surface area contributed by atoms with E-state index < -0.39 is 18.0 Å². The number of carbonyl (C=O) groups is 2. The fourth-order valence-corrected chi connectivity index (χ4v) is 5.34. The van der Waals surface area contributed by atoms with Crippen LogP contribution < -0.4 is 16.2 Å². The van der Waals surface area contributed by atoms with Crippen LogP contribution in [0.2, 0.25) is 0 Å². The van der Waals surface area contributed by atoms with Crippen LogP contribution in [0.15, 0.2) is 63.0 Å². The summed E-state index contributed by atoms with van der Waals surface area (Å²) < 4.78 is 6.88. The second kappa shape index (κ2) is 9.58. The lowest BCUT2D eigenvalue weighted by Crippen LogP contribution is -2.46. The monoisotopic (exact) mass is 470 g/mol. The van der Waals surface area contributed by atoms with Crippen molar-refractivity contribution in [3.63, 3.8) is 0 Å². The number of hydrogen-bond donors (Lipinski definition) is 2. The molecule has 0 saturated carbocycles. The number of esters is 1. The summed E-state index contributed by atoms with van der Waals surface area (Å²) in [5.74, 6) is -0.248. The average Bonchev–Trinajstić information content (AvgIpc) is 3.32. The minimum atomic E-state index is -0.601. The largest absolute Gasteiger partial charge is 0.463 e. The van der Waals surface area contributed by atoms with Crippen LogP contribution in [0, 0.1) is 0 Å². The highest BCUT2D eigenvalue weighted by Crippen LogP contribution is 2.32. The van der Waals surface area contributed by atoms with E-state index >= 15 is 0 Å². The van der Waals surface area contributed by atoms with Gasteiger partial charge in [-0.15, -0.1) is 11.3 Å². The van der Waals surface area contributed by atoms with E-state index in [2.05, 4.69) is 15.6 Å². The summed E-state index contributed by atoms with van der Waals surface area (Å²) in [5.41, 5.74) is 1.29. The third-order valence-corrected chi connectivity index (χ3v) is 6.91. The topological polar surface area (TPSA) is 102 Å². The molecule has 166 valence electrons. The molecule has 2 aromatic heterocycles. The van der Waals surface area contributed by atoms with Crippen molar-refractivity contribution in [3.8, 4) is 0 Å². The second-order valence-electron chi connectivity index (χ2n) is 6.91. The molecule has 0 fully saturated rings. The number of nitrogens with one attached hydrogen (secondary N) is 2. The minimum Gasteiger partial charge on any atom is -0.463 e. The number of nitrogens with zero attached hydrogens (tertiary/aromatic N) is 2. The average molecular weight is 471 g/mol. The van der Waals surface area contributed by atoms with E-state index in [-0.39, 0.29) is 17.9 Å². The lowest BCUT2D eigenvalue weighted by Gasteiger charge is -2.28. The van der Waals surface area contributed by atoms with Gasteiger partial charge in [0.1, 0.15) is 0 Å². The molecule has 0 spiro atoms. The highest BCUT2D eigenvalue weighted by molar-refractivity contribution is 7.99. The van der Waals surface area contributed by atoms with E-state index in [0.29, 0.717) is 33.9 Å². The summed E-state index contributed by atoms with van der Waals surface area (Å²) >= 11 is 2.74. The first kappa shape index (κ1) is 22.1. The van der Waals surface area contributed by atoms with Gasteiger partial charge in [-0.1, -0.05) is 30.0 Å². The first-order valence-electron chi connectivity index (χ1n) is 10.2. The molecule has 8 nitrogen and oxygen atoms in total. The normalized spacial score (nSPS) is 16.1. The van der Waals surface area contributed by atoms with Gasteiger partial charge in [0, 0.05) is 22.9 Å². The standard InChI is InChI=1S/C22H22N4O4S2/c1-3-26-19(27)13-8-5-6-9-14(13)24-22(26)32-12-15-17(20(28)30-4-2)18(25-21(29)23-15)16-10-7-11-31-16/h5-11,18H,3-4,12H2,1-2H3,(H2,23,25,29). The predicted molar refractivity (Wildman–Crippen MR) is 125 cm³/mol. The van der Waals surface area contributed by atoms with Crippen LogP contribution in [0.1, 0.15) is 24.8 Å². The minimum absolute atomic E-state index is 0.119. The molecule has 1 aliphatic heterocycles. The number of urea groups is 1. The zero-order chi connectivity index (χ0) is 22.7. The molecule has 32 heavy (non-hydrogen) atoms. The molecule has 1 unspecified atom stereocenters. The first-order valence-corrected chi connectivity index (χ1v) is 12.0. The summed E-state index contributed by atoms with van der Waals surface area (Å²) in [6, 6.07) is 9.93. The third-order valence-electron chi connectivity index (χ3n) is 4.97. The van der Waals surface area contributed by atoms with Gasteiger partial charge in [-0.3, -0.25) is 9.36 Å². The van der Waals surface area contributed by atoms with Crippen LogP contribution in [0.25, 0.3) is 10.9 Å². The molecule has 4 rings (SSSR count). The third kappa shape index (κ3) is 4.28. The van der Waals surface area contributed by atoms with Crippen molar-refractivity contribution >= 4 is 46.0 Å². The Hall–Kier alpha value is -3.11. The quantitative estimate of drug-likeness (QED) is 0.312. The van der Waals surface area contributed by atoms with E-state index in [1.165, 1.54) is 23.1 Å². The Bertz CT molecular complexity index is 1250. The van der Waals surface area contributed by atoms with Gasteiger partial charge in [-0.2, -0.15) is 0 Å². The van der Waals surface area contributed by atoms with Gasteiger partial charge in [-0.25, -0.2) is 14.6 Å². The number of thioether (sulfide) groups is 1. The zero-order valence-corrected chi connectivity index (χ0v) is 19.2. The van der Waals surface area contributed by atoms with Crippen LogP contribution in [-0.4, -0.2) is 33.9 Å². The Labute approximate surface area is 192 Å². The van der Waals surface area contributed by atoms with Crippen molar-refractivity contribution in [2.24, 2.45) is 0 Å². The number of hydrogen-bond acceptors (Lipinski definition) is 7. The highest BCUT2D eigenvalue weighted by Gasteiger charge is 2.34. The fraction of sp³-hybridized carbons (Fsp3) is 0.273. The molecule has 1 aromatic carbocycles. The van der Waals surface area contributed by atoms with Crippen LogP contribution in [0.3, 0.4) is 0 Å². The number of para-hydroxylation sites is 1. The lowest BCUT2D eigenvalue weighted by molar-refractivity contribution is -0.139. The molecule has 3 heterocycles. The molecule has 0 radical (unpaired) electrons. The van der Waals surface area contributed by atoms with Crippen molar-refractivity contribution < 1.29 is 14.3 Å². The van der Waals surface area contributed by atoms with Crippen LogP contribution >= 0.6 is 23.1 Å². The van der Waals surface area contributed by atoms with Crippen molar-refractivity contribution in [1.29, 1.82) is 0 Å². The van der Waals surface area contributed by atoms with Crippen LogP contribution in [-0.2, 0) is 16.1 Å². The number of rotatable bonds is 7. The van der Waals surface area contributed by atoms with Gasteiger partial charge < -0.3 is 15.4 Å². The number of amides is 2. The Balaban J connectivity index is 1.74. The van der Waals surface area contributed by atoms with Gasteiger partial charge >= 0.3 is 12.0 Å². The molecule has 3 aromatic rings. The van der Waals surface area contributed by atoms with Crippen molar-refractivity contribution in [2.75, 3.05) is 12.4 Å². The SMILES string of the molecule is CCOC(=O)C1=C(CSc2nc3ccccc3c(=O)n2CC)NC(=O)NC1c1cccs1. The number of ether oxygens (including phenoxy) is 1. The molecule has 1 aliphatic rings. The summed E-state index contributed by atoms with van der Waals surface area (Å²) in [4.78, 5) is 43.6. The maximum atomic E-state index is 12.9. The molecular weight excluding hydrogens is 448 g/mol. The van der Waals surface area contributed by atoms with Crippen LogP contribution in [0.4, 0.5) is 4.79 Å². The van der Waals surface area contributed by atoms with Crippen LogP contribution in [0.5, 0.6) is 0 Å². The summed E-state index contributed by atoms with van der Waals surface area (Å²) in [6.45, 7) is 4.29. The number of thiophene rings is 1. The first-order chi connectivity index (χ1) is 15.5. The van der Waals surface area contributed by atoms with E-state index in [0.717, 1.165) is 4.88 Å². The fourth-order valence-electron chi connectivity index (χ4n) is 3.52. The smallest absolute Gasteiger partial charge is 0.338 e. The van der Waals surface area contributed by atoms with Gasteiger partial charge in [0.05, 0.1) is 29.1 Å². The molecule has 0 aliphatic carbocycles. The van der Waals surface area contributed by atoms with Gasteiger partial charge in [0.2, 0.25) is 0 Å². The van der Waals surface area contributed by atoms with Crippen molar-refractivity contribution in [1.82, 2.24) is 20.2 Å². The number of benzene rings is 1. The van der Waals surface area contributed by atoms with E-state index in [1.807, 2.05) is 36.6 Å². The van der Waals surface area contributed by atoms with Gasteiger partial charge in [0.25, 0.3) is 5.56 Å². The van der Waals surface area contributed by atoms with Crippen molar-refractivity contribution in [2.45, 2.75) is 31.6 Å². The maximum Gasteiger partial charge on any atom is 0.338 e. The van der Waals surface area contributed by atoms with E-state index in [9.17, 15) is 14.4 Å².